The third-order valence-electron chi connectivity index (χ3n) is 4.83. The van der Waals surface area contributed by atoms with E-state index >= 15 is 0 Å². The summed E-state index contributed by atoms with van der Waals surface area (Å²) in [6.07, 6.45) is -6.81. The predicted octanol–water partition coefficient (Wildman–Crippen LogP) is 3.22. The van der Waals surface area contributed by atoms with E-state index < -0.39 is 30.3 Å². The van der Waals surface area contributed by atoms with Gasteiger partial charge in [-0.2, -0.15) is 30.7 Å². The topological polar surface area (TPSA) is 103 Å². The highest BCUT2D eigenvalue weighted by Crippen LogP contribution is 2.31. The molecule has 3 heterocycles. The van der Waals surface area contributed by atoms with Crippen molar-refractivity contribution in [1.29, 1.82) is 0 Å². The minimum Gasteiger partial charge on any atom is -0.542 e. The monoisotopic (exact) mass is 545 g/mol. The number of aliphatic carboxylic acids is 1. The maximum atomic E-state index is 13.7. The number of nitrogens with zero attached hydrogens (tertiary/aromatic N) is 1. The van der Waals surface area contributed by atoms with E-state index in [2.05, 4.69) is 15.3 Å². The van der Waals surface area contributed by atoms with Crippen molar-refractivity contribution in [3.8, 4) is 11.4 Å². The summed E-state index contributed by atoms with van der Waals surface area (Å²) in [4.78, 5) is 27.2. The SMILES string of the molecule is O=C(NC(c1cccc[nH+]1)C(F)(F)F)c1[nH]c(-c2ccccc2Cl)[n+]2ccccc12.O=C([O-])C(F)(F)F. The standard InChI is InChI=1S/C21H14ClF3N4O.C2HF3O2/c22-14-8-2-1-7-13(14)19-27-17(16-10-4-6-12-29(16)19)20(30)28-18(21(23,24)25)15-9-3-5-11-26-15;3-2(4,5)1(6)7/h1-12,18H,(H,28,30);(H,6,7)/p+1. The van der Waals surface area contributed by atoms with E-state index in [1.54, 1.807) is 59.1 Å². The fourth-order valence-electron chi connectivity index (χ4n) is 3.23. The van der Waals surface area contributed by atoms with Gasteiger partial charge in [0.2, 0.25) is 17.4 Å². The summed E-state index contributed by atoms with van der Waals surface area (Å²) in [5, 5.41) is 11.3. The number of alkyl halides is 6. The second kappa shape index (κ2) is 10.9. The molecule has 1 amide bonds. The Morgan fingerprint density at radius 3 is 2.16 bits per heavy atom. The zero-order chi connectivity index (χ0) is 27.4. The molecule has 0 saturated carbocycles. The first-order valence-electron chi connectivity index (χ1n) is 10.2. The Morgan fingerprint density at radius 2 is 1.59 bits per heavy atom. The first-order chi connectivity index (χ1) is 17.3. The van der Waals surface area contributed by atoms with E-state index in [1.165, 1.54) is 18.3 Å². The fourth-order valence-corrected chi connectivity index (χ4v) is 3.46. The van der Waals surface area contributed by atoms with Gasteiger partial charge in [-0.3, -0.25) is 4.79 Å². The average Bonchev–Trinajstić information content (AvgIpc) is 3.22. The van der Waals surface area contributed by atoms with Gasteiger partial charge in [0.1, 0.15) is 5.97 Å². The third kappa shape index (κ3) is 6.55. The maximum absolute atomic E-state index is 13.7. The van der Waals surface area contributed by atoms with Crippen molar-refractivity contribution in [1.82, 2.24) is 10.3 Å². The summed E-state index contributed by atoms with van der Waals surface area (Å²) >= 11 is 6.29. The molecule has 0 spiro atoms. The number of amides is 1. The molecule has 0 aliphatic rings. The van der Waals surface area contributed by atoms with Gasteiger partial charge in [-0.25, -0.2) is 9.97 Å². The van der Waals surface area contributed by atoms with Crippen LogP contribution in [-0.4, -0.2) is 29.2 Å². The molecule has 3 N–H and O–H groups in total. The lowest BCUT2D eigenvalue weighted by atomic mass is 10.1. The van der Waals surface area contributed by atoms with Gasteiger partial charge < -0.3 is 15.2 Å². The number of rotatable bonds is 4. The third-order valence-corrected chi connectivity index (χ3v) is 5.16. The smallest absolute Gasteiger partial charge is 0.430 e. The average molecular weight is 546 g/mol. The minimum absolute atomic E-state index is 0.00398. The molecule has 0 fully saturated rings. The van der Waals surface area contributed by atoms with Crippen LogP contribution in [-0.2, 0) is 4.79 Å². The van der Waals surface area contributed by atoms with Gasteiger partial charge in [0.15, 0.2) is 11.7 Å². The molecule has 4 aromatic rings. The van der Waals surface area contributed by atoms with Crippen LogP contribution in [0.25, 0.3) is 16.9 Å². The summed E-state index contributed by atoms with van der Waals surface area (Å²) in [5.74, 6) is -3.42. The molecule has 3 aromatic heterocycles. The largest absolute Gasteiger partial charge is 0.542 e. The molecule has 7 nitrogen and oxygen atoms in total. The minimum atomic E-state index is -5.19. The van der Waals surface area contributed by atoms with Crippen LogP contribution >= 0.6 is 11.6 Å². The van der Waals surface area contributed by atoms with Crippen molar-refractivity contribution in [2.45, 2.75) is 18.4 Å². The highest BCUT2D eigenvalue weighted by Gasteiger charge is 2.46. The molecule has 194 valence electrons. The molecule has 1 atom stereocenters. The number of carboxylic acids is 1. The number of benzene rings is 1. The van der Waals surface area contributed by atoms with Crippen molar-refractivity contribution < 1.29 is 50.4 Å². The Labute approximate surface area is 209 Å². The Kier molecular flexibility index (Phi) is 8.06. The molecule has 0 bridgehead atoms. The molecule has 0 aliphatic carbocycles. The molecule has 0 aliphatic heterocycles. The highest BCUT2D eigenvalue weighted by atomic mass is 35.5. The molecule has 4 rings (SSSR count). The number of fused-ring (bicyclic) bond motifs is 1. The number of halogens is 7. The molecule has 1 unspecified atom stereocenters. The number of carboxylic acid groups (broad SMARTS) is 1. The van der Waals surface area contributed by atoms with Crippen LogP contribution < -0.4 is 19.8 Å². The van der Waals surface area contributed by atoms with E-state index in [-0.39, 0.29) is 11.4 Å². The van der Waals surface area contributed by atoms with E-state index in [9.17, 15) is 31.1 Å². The first-order valence-corrected chi connectivity index (χ1v) is 10.6. The van der Waals surface area contributed by atoms with E-state index in [0.29, 0.717) is 21.9 Å². The van der Waals surface area contributed by atoms with E-state index in [0.717, 1.165) is 0 Å². The Balaban J connectivity index is 0.000000479. The van der Waals surface area contributed by atoms with Crippen LogP contribution in [0.4, 0.5) is 26.3 Å². The Hall–Kier alpha value is -4.13. The molecule has 0 radical (unpaired) electrons. The van der Waals surface area contributed by atoms with Crippen molar-refractivity contribution in [2.24, 2.45) is 0 Å². The lowest BCUT2D eigenvalue weighted by molar-refractivity contribution is -0.498. The van der Waals surface area contributed by atoms with Crippen molar-refractivity contribution in [3.05, 3.63) is 89.5 Å². The van der Waals surface area contributed by atoms with Crippen LogP contribution in [0.5, 0.6) is 0 Å². The number of H-pyrrole nitrogens is 2. The van der Waals surface area contributed by atoms with Gasteiger partial charge in [-0.1, -0.05) is 35.9 Å². The quantitative estimate of drug-likeness (QED) is 0.304. The van der Waals surface area contributed by atoms with E-state index in [4.69, 9.17) is 21.5 Å². The van der Waals surface area contributed by atoms with Crippen LogP contribution in [0.15, 0.2) is 73.1 Å². The molecular formula is C23H16ClF6N4O3+. The first kappa shape index (κ1) is 27.5. The number of aromatic amines is 2. The normalized spacial score (nSPS) is 12.4. The van der Waals surface area contributed by atoms with Gasteiger partial charge >= 0.3 is 12.4 Å². The van der Waals surface area contributed by atoms with Crippen LogP contribution in [0.3, 0.4) is 0 Å². The van der Waals surface area contributed by atoms with Crippen molar-refractivity contribution in [3.63, 3.8) is 0 Å². The van der Waals surface area contributed by atoms with Crippen molar-refractivity contribution in [2.75, 3.05) is 0 Å². The van der Waals surface area contributed by atoms with E-state index in [1.807, 2.05) is 0 Å². The zero-order valence-electron chi connectivity index (χ0n) is 18.3. The molecule has 14 heteroatoms. The van der Waals surface area contributed by atoms with Crippen LogP contribution in [0.2, 0.25) is 5.02 Å². The molecule has 0 saturated heterocycles. The Bertz CT molecular complexity index is 1410. The fraction of sp³-hybridized carbons (Fsp3) is 0.130. The summed E-state index contributed by atoms with van der Waals surface area (Å²) in [7, 11) is 0. The summed E-state index contributed by atoms with van der Waals surface area (Å²) in [5.41, 5.74) is 0.856. The Morgan fingerprint density at radius 1 is 0.973 bits per heavy atom. The number of hydrogen-bond acceptors (Lipinski definition) is 3. The maximum Gasteiger partial charge on any atom is 0.430 e. The molecule has 1 aromatic carbocycles. The number of carbonyl (C=O) groups excluding carboxylic acids is 2. The number of nitrogens with one attached hydrogen (secondary N) is 3. The van der Waals surface area contributed by atoms with Crippen LogP contribution in [0, 0.1) is 0 Å². The van der Waals surface area contributed by atoms with Gasteiger partial charge in [0, 0.05) is 12.1 Å². The number of imidazole rings is 1. The second-order valence-electron chi connectivity index (χ2n) is 7.34. The predicted molar refractivity (Wildman–Crippen MR) is 115 cm³/mol. The summed E-state index contributed by atoms with van der Waals surface area (Å²) in [6.45, 7) is 0. The number of aromatic nitrogens is 3. The van der Waals surface area contributed by atoms with Gasteiger partial charge in [-0.05, 0) is 24.3 Å². The number of pyridine rings is 2. The lowest BCUT2D eigenvalue weighted by Gasteiger charge is -2.17. The van der Waals surface area contributed by atoms with Gasteiger partial charge in [0.25, 0.3) is 11.7 Å². The molecular weight excluding hydrogens is 530 g/mol. The lowest BCUT2D eigenvalue weighted by Crippen LogP contribution is -2.41. The summed E-state index contributed by atoms with van der Waals surface area (Å²) in [6, 6.07) is 14.2. The highest BCUT2D eigenvalue weighted by molar-refractivity contribution is 6.33. The van der Waals surface area contributed by atoms with Crippen molar-refractivity contribution >= 4 is 29.0 Å². The van der Waals surface area contributed by atoms with Crippen LogP contribution in [0.1, 0.15) is 22.2 Å². The number of hydrogen-bond donors (Lipinski definition) is 2. The number of carbonyl (C=O) groups is 2. The molecule has 37 heavy (non-hydrogen) atoms. The van der Waals surface area contributed by atoms with Gasteiger partial charge in [0.05, 0.1) is 16.8 Å². The zero-order valence-corrected chi connectivity index (χ0v) is 19.1. The second-order valence-corrected chi connectivity index (χ2v) is 7.74. The van der Waals surface area contributed by atoms with Gasteiger partial charge in [-0.15, -0.1) is 0 Å². The summed E-state index contributed by atoms with van der Waals surface area (Å²) < 4.78 is 74.2.